The average Bonchev–Trinajstić information content (AvgIpc) is 3.55. The molecule has 3 heterocycles. The Morgan fingerprint density at radius 2 is 1.79 bits per heavy atom. The minimum atomic E-state index is -0.386. The molecule has 1 fully saturated rings. The van der Waals surface area contributed by atoms with E-state index in [-0.39, 0.29) is 55.8 Å². The molecule has 1 aromatic carbocycles. The number of esters is 1. The SMILES string of the molecule is CCCCc1ncc(/C=C2/C(=O)N(CC)C(=O)N2Cc2csc(C)n2)n1Cc1ccc(C(=O)OC)cc1.Cl.Cl. The Balaban J connectivity index is 0.00000267. The maximum atomic E-state index is 13.2. The Morgan fingerprint density at radius 1 is 1.08 bits per heavy atom. The number of unbranched alkanes of at least 4 members (excludes halogenated alkanes) is 1. The molecule has 0 unspecified atom stereocenters. The molecule has 9 nitrogen and oxygen atoms in total. The van der Waals surface area contributed by atoms with Gasteiger partial charge < -0.3 is 9.30 Å². The van der Waals surface area contributed by atoms with Crippen molar-refractivity contribution in [3.63, 3.8) is 0 Å². The van der Waals surface area contributed by atoms with E-state index < -0.39 is 0 Å². The van der Waals surface area contributed by atoms with Crippen LogP contribution in [0.2, 0.25) is 0 Å². The smallest absolute Gasteiger partial charge is 0.337 e. The standard InChI is InChI=1S/C27H31N5O4S.2ClH/c1-5-7-8-24-28-14-22(31(24)15-19-9-11-20(12-10-19)26(34)36-4)13-23-25(33)30(6-2)27(35)32(23)16-21-17-37-18(3)29-21;;/h9-14,17H,5-8,15-16H2,1-4H3;2*1H/b23-13-;;. The molecule has 1 saturated heterocycles. The molecule has 1 aliphatic heterocycles. The van der Waals surface area contributed by atoms with E-state index in [1.807, 2.05) is 24.4 Å². The molecular weight excluding hydrogens is 561 g/mol. The quantitative estimate of drug-likeness (QED) is 0.175. The molecule has 0 N–H and O–H groups in total. The van der Waals surface area contributed by atoms with E-state index in [2.05, 4.69) is 21.5 Å². The highest BCUT2D eigenvalue weighted by atomic mass is 35.5. The van der Waals surface area contributed by atoms with Gasteiger partial charge in [0, 0.05) is 24.9 Å². The number of nitrogens with zero attached hydrogens (tertiary/aromatic N) is 5. The summed E-state index contributed by atoms with van der Waals surface area (Å²) in [6.07, 6.45) is 6.29. The van der Waals surface area contributed by atoms with Gasteiger partial charge in [0.05, 0.1) is 41.8 Å². The number of likely N-dealkylation sites (N-methyl/N-ethyl adjacent to an activating group) is 1. The summed E-state index contributed by atoms with van der Waals surface area (Å²) in [5.41, 5.74) is 3.24. The summed E-state index contributed by atoms with van der Waals surface area (Å²) < 4.78 is 6.86. The molecule has 0 aliphatic carbocycles. The number of methoxy groups -OCH3 is 1. The van der Waals surface area contributed by atoms with E-state index in [9.17, 15) is 14.4 Å². The van der Waals surface area contributed by atoms with E-state index in [0.29, 0.717) is 17.8 Å². The van der Waals surface area contributed by atoms with Crippen LogP contribution in [0.4, 0.5) is 4.79 Å². The zero-order valence-electron chi connectivity index (χ0n) is 22.4. The van der Waals surface area contributed by atoms with Crippen LogP contribution in [0, 0.1) is 6.92 Å². The molecule has 210 valence electrons. The van der Waals surface area contributed by atoms with Gasteiger partial charge >= 0.3 is 12.0 Å². The van der Waals surface area contributed by atoms with Crippen molar-refractivity contribution in [3.8, 4) is 0 Å². The van der Waals surface area contributed by atoms with Crippen LogP contribution in [0.1, 0.15) is 64.8 Å². The lowest BCUT2D eigenvalue weighted by atomic mass is 10.1. The molecule has 0 radical (unpaired) electrons. The summed E-state index contributed by atoms with van der Waals surface area (Å²) in [5.74, 6) is 0.185. The second kappa shape index (κ2) is 14.3. The van der Waals surface area contributed by atoms with Crippen LogP contribution in [-0.2, 0) is 29.0 Å². The molecule has 4 rings (SSSR count). The van der Waals surface area contributed by atoms with Crippen molar-refractivity contribution in [3.05, 3.63) is 74.9 Å². The van der Waals surface area contributed by atoms with Crippen molar-refractivity contribution >= 4 is 60.1 Å². The lowest BCUT2D eigenvalue weighted by Crippen LogP contribution is -2.32. The molecule has 1 aliphatic rings. The lowest BCUT2D eigenvalue weighted by Gasteiger charge is -2.16. The first-order valence-electron chi connectivity index (χ1n) is 12.3. The van der Waals surface area contributed by atoms with Crippen LogP contribution in [0.25, 0.3) is 6.08 Å². The van der Waals surface area contributed by atoms with Crippen LogP contribution in [0.15, 0.2) is 41.5 Å². The highest BCUT2D eigenvalue weighted by Gasteiger charge is 2.40. The number of carbonyl (C=O) groups excluding carboxylic acids is 3. The maximum absolute atomic E-state index is 13.2. The maximum Gasteiger partial charge on any atom is 0.337 e. The lowest BCUT2D eigenvalue weighted by molar-refractivity contribution is -0.122. The van der Waals surface area contributed by atoms with Gasteiger partial charge in [-0.25, -0.2) is 19.6 Å². The normalized spacial score (nSPS) is 14.0. The van der Waals surface area contributed by atoms with Crippen molar-refractivity contribution in [2.45, 2.75) is 53.1 Å². The van der Waals surface area contributed by atoms with Gasteiger partial charge in [0.15, 0.2) is 0 Å². The van der Waals surface area contributed by atoms with E-state index >= 15 is 0 Å². The highest BCUT2D eigenvalue weighted by Crippen LogP contribution is 2.27. The van der Waals surface area contributed by atoms with E-state index in [1.54, 1.807) is 31.3 Å². The van der Waals surface area contributed by atoms with Crippen LogP contribution in [0.3, 0.4) is 0 Å². The van der Waals surface area contributed by atoms with Gasteiger partial charge in [-0.15, -0.1) is 36.2 Å². The predicted molar refractivity (Wildman–Crippen MR) is 155 cm³/mol. The molecule has 0 spiro atoms. The highest BCUT2D eigenvalue weighted by molar-refractivity contribution is 7.09. The number of aromatic nitrogens is 3. The fraction of sp³-hybridized carbons (Fsp3) is 0.370. The first-order valence-corrected chi connectivity index (χ1v) is 13.2. The molecule has 0 saturated carbocycles. The van der Waals surface area contributed by atoms with Gasteiger partial charge in [0.25, 0.3) is 5.91 Å². The van der Waals surface area contributed by atoms with Crippen LogP contribution >= 0.6 is 36.2 Å². The van der Waals surface area contributed by atoms with Gasteiger partial charge in [-0.2, -0.15) is 0 Å². The second-order valence-electron chi connectivity index (χ2n) is 8.78. The van der Waals surface area contributed by atoms with Gasteiger partial charge in [0.2, 0.25) is 0 Å². The van der Waals surface area contributed by atoms with E-state index in [1.165, 1.54) is 28.2 Å². The Hall–Kier alpha value is -3.21. The molecule has 2 aromatic heterocycles. The van der Waals surface area contributed by atoms with Crippen LogP contribution < -0.4 is 0 Å². The average molecular weight is 595 g/mol. The number of urea groups is 1. The number of carbonyl (C=O) groups is 3. The summed E-state index contributed by atoms with van der Waals surface area (Å²) in [4.78, 5) is 50.0. The number of halogens is 2. The zero-order valence-corrected chi connectivity index (χ0v) is 24.8. The Labute approximate surface area is 244 Å². The number of aryl methyl sites for hydroxylation is 2. The predicted octanol–water partition coefficient (Wildman–Crippen LogP) is 5.49. The van der Waals surface area contributed by atoms with Crippen molar-refractivity contribution < 1.29 is 19.1 Å². The van der Waals surface area contributed by atoms with Gasteiger partial charge in [0.1, 0.15) is 11.5 Å². The number of ether oxygens (including phenoxy) is 1. The van der Waals surface area contributed by atoms with Gasteiger partial charge in [-0.3, -0.25) is 14.6 Å². The second-order valence-corrected chi connectivity index (χ2v) is 9.85. The van der Waals surface area contributed by atoms with Crippen molar-refractivity contribution in [2.24, 2.45) is 0 Å². The number of thiazole rings is 1. The number of hydrogen-bond donors (Lipinski definition) is 0. The number of rotatable bonds is 10. The summed E-state index contributed by atoms with van der Waals surface area (Å²) in [7, 11) is 1.36. The molecule has 0 bridgehead atoms. The van der Waals surface area contributed by atoms with Crippen molar-refractivity contribution in [1.82, 2.24) is 24.3 Å². The molecule has 0 atom stereocenters. The number of imidazole rings is 1. The van der Waals surface area contributed by atoms with Crippen LogP contribution in [0.5, 0.6) is 0 Å². The number of imide groups is 1. The minimum Gasteiger partial charge on any atom is -0.465 e. The fourth-order valence-corrected chi connectivity index (χ4v) is 4.86. The fourth-order valence-electron chi connectivity index (χ4n) is 4.25. The molecule has 3 amide bonds. The number of benzene rings is 1. The molecule has 12 heteroatoms. The van der Waals surface area contributed by atoms with Gasteiger partial charge in [-0.1, -0.05) is 25.5 Å². The molecule has 3 aromatic rings. The first-order chi connectivity index (χ1) is 17.9. The third kappa shape index (κ3) is 7.06. The summed E-state index contributed by atoms with van der Waals surface area (Å²) in [6, 6.07) is 6.88. The minimum absolute atomic E-state index is 0. The van der Waals surface area contributed by atoms with Gasteiger partial charge in [-0.05, 0) is 44.0 Å². The zero-order chi connectivity index (χ0) is 26.5. The Bertz CT molecular complexity index is 1340. The van der Waals surface area contributed by atoms with Crippen molar-refractivity contribution in [2.75, 3.05) is 13.7 Å². The molecule has 39 heavy (non-hydrogen) atoms. The monoisotopic (exact) mass is 593 g/mol. The van der Waals surface area contributed by atoms with E-state index in [0.717, 1.165) is 47.0 Å². The third-order valence-corrected chi connectivity index (χ3v) is 7.07. The first kappa shape index (κ1) is 32.0. The number of amides is 3. The number of hydrogen-bond acceptors (Lipinski definition) is 7. The topological polar surface area (TPSA) is 97.6 Å². The summed E-state index contributed by atoms with van der Waals surface area (Å²) >= 11 is 1.51. The van der Waals surface area contributed by atoms with Crippen molar-refractivity contribution in [1.29, 1.82) is 0 Å². The summed E-state index contributed by atoms with van der Waals surface area (Å²) in [6.45, 7) is 6.84. The Morgan fingerprint density at radius 3 is 2.38 bits per heavy atom. The summed E-state index contributed by atoms with van der Waals surface area (Å²) in [5, 5.41) is 2.81. The molecular formula is C27H33Cl2N5O4S. The largest absolute Gasteiger partial charge is 0.465 e. The third-order valence-electron chi connectivity index (χ3n) is 6.24. The Kier molecular flexibility index (Phi) is 11.7. The van der Waals surface area contributed by atoms with Crippen LogP contribution in [-0.4, -0.2) is 55.9 Å². The van der Waals surface area contributed by atoms with E-state index in [4.69, 9.17) is 4.74 Å².